The van der Waals surface area contributed by atoms with Gasteiger partial charge in [-0.25, -0.2) is 0 Å². The average molecular weight is 309 g/mol. The van der Waals surface area contributed by atoms with Crippen LogP contribution in [0.2, 0.25) is 0 Å². The molecule has 0 saturated carbocycles. The van der Waals surface area contributed by atoms with Crippen LogP contribution in [0.25, 0.3) is 10.9 Å². The summed E-state index contributed by atoms with van der Waals surface area (Å²) >= 11 is 0. The molecule has 23 heavy (non-hydrogen) atoms. The summed E-state index contributed by atoms with van der Waals surface area (Å²) in [5, 5.41) is 1.24. The number of fused-ring (bicyclic) bond motifs is 1. The predicted octanol–water partition coefficient (Wildman–Crippen LogP) is 3.20. The molecule has 4 heteroatoms. The van der Waals surface area contributed by atoms with Crippen LogP contribution in [-0.2, 0) is 13.0 Å². The fraction of sp³-hybridized carbons (Fsp3) is 0.316. The lowest BCUT2D eigenvalue weighted by Crippen LogP contribution is -2.17. The minimum absolute atomic E-state index is 0.833. The molecule has 0 radical (unpaired) electrons. The summed E-state index contributed by atoms with van der Waals surface area (Å²) in [6.07, 6.45) is 4.93. The summed E-state index contributed by atoms with van der Waals surface area (Å²) < 4.78 is 7.73. The van der Waals surface area contributed by atoms with E-state index in [1.807, 2.05) is 24.4 Å². The second-order valence-corrected chi connectivity index (χ2v) is 6.03. The first-order valence-corrected chi connectivity index (χ1v) is 7.88. The molecule has 0 aliphatic carbocycles. The van der Waals surface area contributed by atoms with Gasteiger partial charge in [-0.2, -0.15) is 0 Å². The van der Waals surface area contributed by atoms with E-state index in [1.54, 1.807) is 7.11 Å². The van der Waals surface area contributed by atoms with Gasteiger partial charge in [0.05, 0.1) is 7.11 Å². The van der Waals surface area contributed by atoms with Crippen LogP contribution in [0.3, 0.4) is 0 Å². The number of ether oxygens (including phenoxy) is 1. The lowest BCUT2D eigenvalue weighted by atomic mass is 10.1. The Morgan fingerprint density at radius 2 is 2.04 bits per heavy atom. The molecule has 0 fully saturated rings. The second kappa shape index (κ2) is 6.84. The van der Waals surface area contributed by atoms with E-state index in [1.165, 1.54) is 16.5 Å². The minimum Gasteiger partial charge on any atom is -0.497 e. The Morgan fingerprint density at radius 1 is 1.17 bits per heavy atom. The van der Waals surface area contributed by atoms with Crippen molar-refractivity contribution >= 4 is 10.9 Å². The van der Waals surface area contributed by atoms with Gasteiger partial charge in [0.25, 0.3) is 0 Å². The third-order valence-electron chi connectivity index (χ3n) is 4.06. The summed E-state index contributed by atoms with van der Waals surface area (Å²) in [6, 6.07) is 12.4. The van der Waals surface area contributed by atoms with Crippen molar-refractivity contribution < 1.29 is 4.74 Å². The van der Waals surface area contributed by atoms with E-state index in [0.29, 0.717) is 0 Å². The molecule has 2 heterocycles. The van der Waals surface area contributed by atoms with E-state index in [9.17, 15) is 0 Å². The smallest absolute Gasteiger partial charge is 0.119 e. The van der Waals surface area contributed by atoms with Crippen molar-refractivity contribution in [3.05, 3.63) is 60.0 Å². The Hall–Kier alpha value is -2.33. The summed E-state index contributed by atoms with van der Waals surface area (Å²) in [6.45, 7) is 1.98. The van der Waals surface area contributed by atoms with Crippen LogP contribution in [0, 0.1) is 0 Å². The van der Waals surface area contributed by atoms with Crippen LogP contribution in [0.4, 0.5) is 0 Å². The van der Waals surface area contributed by atoms with Gasteiger partial charge in [0, 0.05) is 48.5 Å². The summed E-state index contributed by atoms with van der Waals surface area (Å²) in [7, 11) is 5.91. The number of hydrogen-bond acceptors (Lipinski definition) is 3. The third kappa shape index (κ3) is 3.54. The Morgan fingerprint density at radius 3 is 2.74 bits per heavy atom. The first-order valence-electron chi connectivity index (χ1n) is 7.88. The monoisotopic (exact) mass is 309 g/mol. The SMILES string of the molecule is COc1ccc2c(c1)c(Cc1ccccn1)cn2CCN(C)C. The van der Waals surface area contributed by atoms with Crippen LogP contribution >= 0.6 is 0 Å². The topological polar surface area (TPSA) is 30.3 Å². The maximum Gasteiger partial charge on any atom is 0.119 e. The number of pyridine rings is 1. The van der Waals surface area contributed by atoms with Gasteiger partial charge in [0.1, 0.15) is 5.75 Å². The lowest BCUT2D eigenvalue weighted by molar-refractivity contribution is 0.386. The molecular formula is C19H23N3O. The zero-order chi connectivity index (χ0) is 16.2. The van der Waals surface area contributed by atoms with Gasteiger partial charge in [0.15, 0.2) is 0 Å². The van der Waals surface area contributed by atoms with E-state index in [0.717, 1.165) is 31.0 Å². The highest BCUT2D eigenvalue weighted by Gasteiger charge is 2.11. The first kappa shape index (κ1) is 15.6. The molecule has 0 unspecified atom stereocenters. The van der Waals surface area contributed by atoms with E-state index in [-0.39, 0.29) is 0 Å². The van der Waals surface area contributed by atoms with E-state index in [2.05, 4.69) is 52.9 Å². The highest BCUT2D eigenvalue weighted by atomic mass is 16.5. The van der Waals surface area contributed by atoms with Gasteiger partial charge in [-0.05, 0) is 50.0 Å². The Labute approximate surface area is 137 Å². The number of rotatable bonds is 6. The molecule has 0 aliphatic rings. The third-order valence-corrected chi connectivity index (χ3v) is 4.06. The molecule has 1 aromatic carbocycles. The number of aromatic nitrogens is 2. The van der Waals surface area contributed by atoms with Crippen LogP contribution in [0.1, 0.15) is 11.3 Å². The van der Waals surface area contributed by atoms with Crippen LogP contribution < -0.4 is 4.74 Å². The summed E-state index contributed by atoms with van der Waals surface area (Å²) in [5.74, 6) is 0.894. The van der Waals surface area contributed by atoms with Crippen molar-refractivity contribution in [3.8, 4) is 5.75 Å². The molecule has 3 aromatic rings. The van der Waals surface area contributed by atoms with Crippen molar-refractivity contribution in [3.63, 3.8) is 0 Å². The Bertz CT molecular complexity index is 778. The molecule has 0 atom stereocenters. The van der Waals surface area contributed by atoms with Gasteiger partial charge in [0.2, 0.25) is 0 Å². The quantitative estimate of drug-likeness (QED) is 0.700. The van der Waals surface area contributed by atoms with Crippen molar-refractivity contribution in [1.82, 2.24) is 14.5 Å². The van der Waals surface area contributed by atoms with Crippen molar-refractivity contribution in [1.29, 1.82) is 0 Å². The zero-order valence-electron chi connectivity index (χ0n) is 14.0. The molecule has 0 spiro atoms. The van der Waals surface area contributed by atoms with Gasteiger partial charge in [-0.15, -0.1) is 0 Å². The summed E-state index contributed by atoms with van der Waals surface area (Å²) in [5.41, 5.74) is 3.62. The number of hydrogen-bond donors (Lipinski definition) is 0. The molecule has 0 aliphatic heterocycles. The predicted molar refractivity (Wildman–Crippen MR) is 94.1 cm³/mol. The lowest BCUT2D eigenvalue weighted by Gasteiger charge is -2.11. The van der Waals surface area contributed by atoms with Gasteiger partial charge in [-0.1, -0.05) is 6.07 Å². The number of benzene rings is 1. The second-order valence-electron chi connectivity index (χ2n) is 6.03. The molecule has 3 rings (SSSR count). The van der Waals surface area contributed by atoms with E-state index >= 15 is 0 Å². The largest absolute Gasteiger partial charge is 0.497 e. The molecule has 0 amide bonds. The van der Waals surface area contributed by atoms with Crippen molar-refractivity contribution in [2.75, 3.05) is 27.7 Å². The number of methoxy groups -OCH3 is 1. The molecule has 0 saturated heterocycles. The molecule has 0 N–H and O–H groups in total. The molecule has 2 aromatic heterocycles. The normalized spacial score (nSPS) is 11.3. The minimum atomic E-state index is 0.833. The van der Waals surface area contributed by atoms with Crippen molar-refractivity contribution in [2.24, 2.45) is 0 Å². The van der Waals surface area contributed by atoms with Gasteiger partial charge in [-0.3, -0.25) is 4.98 Å². The zero-order valence-corrected chi connectivity index (χ0v) is 14.0. The Balaban J connectivity index is 2.00. The van der Waals surface area contributed by atoms with Crippen molar-refractivity contribution in [2.45, 2.75) is 13.0 Å². The van der Waals surface area contributed by atoms with Crippen LogP contribution in [-0.4, -0.2) is 42.2 Å². The first-order chi connectivity index (χ1) is 11.2. The average Bonchev–Trinajstić information content (AvgIpc) is 2.91. The molecule has 0 bridgehead atoms. The standard InChI is InChI=1S/C19H23N3O/c1-21(2)10-11-22-14-15(12-16-6-4-5-9-20-16)18-13-17(23-3)7-8-19(18)22/h4-9,13-14H,10-12H2,1-3H3. The highest BCUT2D eigenvalue weighted by Crippen LogP contribution is 2.27. The molecule has 120 valence electrons. The molecular weight excluding hydrogens is 286 g/mol. The van der Waals surface area contributed by atoms with Gasteiger partial charge >= 0.3 is 0 Å². The Kier molecular flexibility index (Phi) is 4.63. The fourth-order valence-electron chi connectivity index (χ4n) is 2.81. The number of nitrogens with zero attached hydrogens (tertiary/aromatic N) is 3. The van der Waals surface area contributed by atoms with E-state index in [4.69, 9.17) is 4.74 Å². The fourth-order valence-corrected chi connectivity index (χ4v) is 2.81. The maximum atomic E-state index is 5.40. The van der Waals surface area contributed by atoms with Crippen LogP contribution in [0.5, 0.6) is 5.75 Å². The summed E-state index contributed by atoms with van der Waals surface area (Å²) in [4.78, 5) is 6.66. The number of likely N-dealkylation sites (N-methyl/N-ethyl adjacent to an activating group) is 1. The highest BCUT2D eigenvalue weighted by molar-refractivity contribution is 5.85. The maximum absolute atomic E-state index is 5.40. The molecule has 4 nitrogen and oxygen atoms in total. The van der Waals surface area contributed by atoms with Gasteiger partial charge < -0.3 is 14.2 Å². The van der Waals surface area contributed by atoms with E-state index < -0.39 is 0 Å². The van der Waals surface area contributed by atoms with Crippen LogP contribution in [0.15, 0.2) is 48.8 Å².